The molecule has 0 amide bonds. The molecule has 0 aliphatic carbocycles. The summed E-state index contributed by atoms with van der Waals surface area (Å²) in [7, 11) is 0. The second-order valence-corrected chi connectivity index (χ2v) is 7.10. The van der Waals surface area contributed by atoms with Crippen molar-refractivity contribution in [2.45, 2.75) is 6.10 Å². The SMILES string of the molecule is O=C(C(=C(O)c1cc(F)cc(F)c1)c1nc2ccccc2[nH]1)c1ccccc1C(O)CO. The molecule has 0 aliphatic rings. The molecular weight excluding hydrogens is 418 g/mol. The van der Waals surface area contributed by atoms with Crippen molar-refractivity contribution in [3.8, 4) is 0 Å². The van der Waals surface area contributed by atoms with Crippen LogP contribution in [0.1, 0.15) is 33.4 Å². The minimum Gasteiger partial charge on any atom is -0.506 e. The lowest BCUT2D eigenvalue weighted by molar-refractivity contribution is 0.0923. The minimum absolute atomic E-state index is 0.00655. The van der Waals surface area contributed by atoms with Crippen LogP contribution in [0.4, 0.5) is 8.78 Å². The molecule has 0 bridgehead atoms. The van der Waals surface area contributed by atoms with Crippen LogP contribution in [0.5, 0.6) is 0 Å². The Morgan fingerprint density at radius 2 is 1.66 bits per heavy atom. The average Bonchev–Trinajstić information content (AvgIpc) is 3.21. The number of halogens is 2. The van der Waals surface area contributed by atoms with Gasteiger partial charge in [0.2, 0.25) is 5.78 Å². The zero-order chi connectivity index (χ0) is 22.8. The quantitative estimate of drug-likeness (QED) is 0.206. The highest BCUT2D eigenvalue weighted by Gasteiger charge is 2.27. The van der Waals surface area contributed by atoms with Gasteiger partial charge in [-0.1, -0.05) is 36.4 Å². The molecular formula is C24H18F2N2O4. The van der Waals surface area contributed by atoms with Gasteiger partial charge >= 0.3 is 0 Å². The maximum atomic E-state index is 13.8. The van der Waals surface area contributed by atoms with E-state index in [-0.39, 0.29) is 28.1 Å². The smallest absolute Gasteiger partial charge is 0.200 e. The van der Waals surface area contributed by atoms with Crippen LogP contribution in [0, 0.1) is 11.6 Å². The normalized spacial score (nSPS) is 13.1. The Morgan fingerprint density at radius 3 is 2.34 bits per heavy atom. The molecule has 0 aliphatic heterocycles. The zero-order valence-electron chi connectivity index (χ0n) is 16.6. The van der Waals surface area contributed by atoms with Crippen molar-refractivity contribution in [2.24, 2.45) is 0 Å². The highest BCUT2D eigenvalue weighted by Crippen LogP contribution is 2.31. The summed E-state index contributed by atoms with van der Waals surface area (Å²) in [5.41, 5.74) is 0.611. The van der Waals surface area contributed by atoms with Crippen molar-refractivity contribution < 1.29 is 28.9 Å². The summed E-state index contributed by atoms with van der Waals surface area (Å²) in [6.07, 6.45) is -1.35. The van der Waals surface area contributed by atoms with Crippen molar-refractivity contribution in [3.05, 3.63) is 101 Å². The van der Waals surface area contributed by atoms with E-state index in [2.05, 4.69) is 9.97 Å². The van der Waals surface area contributed by atoms with Gasteiger partial charge in [0.25, 0.3) is 0 Å². The number of imidazole rings is 1. The van der Waals surface area contributed by atoms with Gasteiger partial charge in [0.05, 0.1) is 17.6 Å². The molecule has 0 radical (unpaired) electrons. The van der Waals surface area contributed by atoms with E-state index in [0.717, 1.165) is 12.1 Å². The maximum absolute atomic E-state index is 13.8. The standard InChI is InChI=1S/C24H18F2N2O4/c25-14-9-13(10-15(26)11-14)22(31)21(24-27-18-7-3-4-8-19(18)28-24)23(32)17-6-2-1-5-16(17)20(30)12-29/h1-11,20,29-31H,12H2,(H,27,28). The summed E-state index contributed by atoms with van der Waals surface area (Å²) in [5.74, 6) is -3.33. The largest absolute Gasteiger partial charge is 0.506 e. The number of aromatic amines is 1. The number of ketones is 1. The lowest BCUT2D eigenvalue weighted by atomic mass is 9.93. The number of allylic oxidation sites excluding steroid dienone is 1. The van der Waals surface area contributed by atoms with Crippen molar-refractivity contribution in [1.82, 2.24) is 9.97 Å². The number of benzene rings is 3. The molecule has 0 saturated heterocycles. The Balaban J connectivity index is 1.97. The van der Waals surface area contributed by atoms with Crippen molar-refractivity contribution in [2.75, 3.05) is 6.61 Å². The number of aliphatic hydroxyl groups is 3. The second kappa shape index (κ2) is 8.70. The van der Waals surface area contributed by atoms with E-state index in [1.165, 1.54) is 12.1 Å². The molecule has 4 N–H and O–H groups in total. The monoisotopic (exact) mass is 436 g/mol. The van der Waals surface area contributed by atoms with Gasteiger partial charge in [0.1, 0.15) is 34.9 Å². The average molecular weight is 436 g/mol. The Morgan fingerprint density at radius 1 is 1.00 bits per heavy atom. The number of aliphatic hydroxyl groups excluding tert-OH is 3. The van der Waals surface area contributed by atoms with Crippen LogP contribution in [0.15, 0.2) is 66.7 Å². The van der Waals surface area contributed by atoms with Crippen LogP contribution in [-0.4, -0.2) is 37.7 Å². The zero-order valence-corrected chi connectivity index (χ0v) is 16.6. The molecule has 1 aromatic heterocycles. The molecule has 8 heteroatoms. The fraction of sp³-hybridized carbons (Fsp3) is 0.0833. The van der Waals surface area contributed by atoms with Crippen LogP contribution < -0.4 is 0 Å². The summed E-state index contributed by atoms with van der Waals surface area (Å²) < 4.78 is 27.6. The number of hydrogen-bond donors (Lipinski definition) is 4. The molecule has 1 atom stereocenters. The molecule has 3 aromatic carbocycles. The van der Waals surface area contributed by atoms with Crippen molar-refractivity contribution in [3.63, 3.8) is 0 Å². The van der Waals surface area contributed by atoms with Crippen LogP contribution >= 0.6 is 0 Å². The predicted molar refractivity (Wildman–Crippen MR) is 115 cm³/mol. The first-order chi connectivity index (χ1) is 15.4. The van der Waals surface area contributed by atoms with Gasteiger partial charge in [-0.05, 0) is 29.8 Å². The molecule has 162 valence electrons. The number of aromatic nitrogens is 2. The molecule has 1 heterocycles. The van der Waals surface area contributed by atoms with Gasteiger partial charge in [-0.3, -0.25) is 4.79 Å². The number of H-pyrrole nitrogens is 1. The third-order valence-electron chi connectivity index (χ3n) is 4.96. The summed E-state index contributed by atoms with van der Waals surface area (Å²) in [6, 6.07) is 15.3. The maximum Gasteiger partial charge on any atom is 0.200 e. The third-order valence-corrected chi connectivity index (χ3v) is 4.96. The lowest BCUT2D eigenvalue weighted by Gasteiger charge is -2.15. The number of carbonyl (C=O) groups is 1. The van der Waals surface area contributed by atoms with Gasteiger partial charge in [0.15, 0.2) is 0 Å². The molecule has 1 unspecified atom stereocenters. The molecule has 4 rings (SSSR count). The van der Waals surface area contributed by atoms with Crippen molar-refractivity contribution >= 4 is 28.1 Å². The van der Waals surface area contributed by atoms with E-state index in [4.69, 9.17) is 0 Å². The lowest BCUT2D eigenvalue weighted by Crippen LogP contribution is -2.13. The Bertz CT molecular complexity index is 1290. The van der Waals surface area contributed by atoms with E-state index in [0.29, 0.717) is 17.1 Å². The minimum atomic E-state index is -1.35. The fourth-order valence-electron chi connectivity index (χ4n) is 3.46. The van der Waals surface area contributed by atoms with Crippen LogP contribution in [-0.2, 0) is 0 Å². The van der Waals surface area contributed by atoms with Gasteiger partial charge < -0.3 is 20.3 Å². The number of nitrogens with one attached hydrogen (secondary N) is 1. The summed E-state index contributed by atoms with van der Waals surface area (Å²) in [6.45, 7) is -0.630. The highest BCUT2D eigenvalue weighted by atomic mass is 19.1. The molecule has 6 nitrogen and oxygen atoms in total. The first kappa shape index (κ1) is 21.4. The van der Waals surface area contributed by atoms with Crippen LogP contribution in [0.3, 0.4) is 0 Å². The van der Waals surface area contributed by atoms with Gasteiger partial charge in [0, 0.05) is 17.2 Å². The Kier molecular flexibility index (Phi) is 5.81. The summed E-state index contributed by atoms with van der Waals surface area (Å²) in [5, 5.41) is 30.5. The second-order valence-electron chi connectivity index (χ2n) is 7.10. The predicted octanol–water partition coefficient (Wildman–Crippen LogP) is 4.18. The number of Topliss-reactive ketones (excluding diaryl/α,β-unsaturated/α-hetero) is 1. The van der Waals surface area contributed by atoms with Crippen LogP contribution in [0.2, 0.25) is 0 Å². The van der Waals surface area contributed by atoms with Gasteiger partial charge in [-0.15, -0.1) is 0 Å². The fourth-order valence-corrected chi connectivity index (χ4v) is 3.46. The summed E-state index contributed by atoms with van der Waals surface area (Å²) >= 11 is 0. The van der Waals surface area contributed by atoms with Gasteiger partial charge in [-0.25, -0.2) is 13.8 Å². The molecule has 32 heavy (non-hydrogen) atoms. The number of fused-ring (bicyclic) bond motifs is 1. The van der Waals surface area contributed by atoms with E-state index < -0.39 is 35.9 Å². The van der Waals surface area contributed by atoms with E-state index >= 15 is 0 Å². The number of para-hydroxylation sites is 2. The first-order valence-corrected chi connectivity index (χ1v) is 9.66. The number of hydrogen-bond acceptors (Lipinski definition) is 5. The van der Waals surface area contributed by atoms with E-state index in [9.17, 15) is 28.9 Å². The Hall–Kier alpha value is -3.88. The summed E-state index contributed by atoms with van der Waals surface area (Å²) in [4.78, 5) is 20.9. The molecule has 4 aromatic rings. The highest BCUT2D eigenvalue weighted by molar-refractivity contribution is 6.33. The number of rotatable bonds is 6. The third kappa shape index (κ3) is 4.01. The van der Waals surface area contributed by atoms with E-state index in [1.807, 2.05) is 0 Å². The van der Waals surface area contributed by atoms with Crippen molar-refractivity contribution in [1.29, 1.82) is 0 Å². The van der Waals surface area contributed by atoms with Crippen LogP contribution in [0.25, 0.3) is 22.4 Å². The topological polar surface area (TPSA) is 106 Å². The van der Waals surface area contributed by atoms with Gasteiger partial charge in [-0.2, -0.15) is 0 Å². The first-order valence-electron chi connectivity index (χ1n) is 9.66. The molecule has 0 saturated carbocycles. The number of nitrogens with zero attached hydrogens (tertiary/aromatic N) is 1. The molecule has 0 spiro atoms. The number of carbonyl (C=O) groups excluding carboxylic acids is 1. The van der Waals surface area contributed by atoms with E-state index in [1.54, 1.807) is 36.4 Å². The Labute approximate surface area is 181 Å². The molecule has 0 fully saturated rings.